The number of thiophene rings is 4. The summed E-state index contributed by atoms with van der Waals surface area (Å²) in [6, 6.07) is 62.9. The molecule has 7 aromatic heterocycles. The van der Waals surface area contributed by atoms with Crippen LogP contribution in [0.1, 0.15) is 76.5 Å². The van der Waals surface area contributed by atoms with Crippen LogP contribution in [0.2, 0.25) is 0 Å². The minimum atomic E-state index is -0.541. The number of ether oxygens (including phenoxy) is 6. The van der Waals surface area contributed by atoms with Crippen molar-refractivity contribution in [2.45, 2.75) is 98.1 Å². The summed E-state index contributed by atoms with van der Waals surface area (Å²) in [6.45, 7) is 17.5. The second-order valence-electron chi connectivity index (χ2n) is 28.7. The van der Waals surface area contributed by atoms with Crippen LogP contribution < -0.4 is 29.1 Å². The normalized spacial score (nSPS) is 14.7. The maximum Gasteiger partial charge on any atom is 0.498 e. The molecule has 0 radical (unpaired) electrons. The zero-order valence-corrected chi connectivity index (χ0v) is 68.5. The van der Waals surface area contributed by atoms with Crippen LogP contribution in [0.4, 0.5) is 0 Å². The first kappa shape index (κ1) is 74.8. The number of phenolic OH excluding ortho intramolecular Hbond substituents is 2. The third-order valence-electron chi connectivity index (χ3n) is 20.7. The first-order chi connectivity index (χ1) is 53.5. The van der Waals surface area contributed by atoms with E-state index in [1.807, 2.05) is 91.6 Å². The fourth-order valence-corrected chi connectivity index (χ4v) is 18.9. The van der Waals surface area contributed by atoms with E-state index in [1.165, 1.54) is 10.8 Å². The standard InChI is InChI=1S/C49H38N2O4S2.C30H34BNO4.C11H10Br2O2S2/c1-30-22-36(48(52)44(24-30)50-40-16-7-3-12-32(40)33-13-4-8-17-41(33)50)38-26-56-28-46(38)54-20-11-21-55-47-29-57-27-39(47)37-23-31(2)25-45(49(37)53)51-42-18-9-5-14-34(42)35-15-6-10-19-43(35)51;1-20-18-23(31-35-29(2,3)30(4,5)36-31)28(34-27-16-10-11-17-33-27)26(19-20)32-24-14-8-6-12-21(24)22-13-7-9-15-25(22)32;12-8-4-16-6-10(8)14-2-1-3-15-11-7-17-5-9(11)13/h3-10,12-19,22-29,52-53H,11,20-21H2,1-2H3;6-9,12-15,18-19,27H,10-11,16-17H2,1-5H3;4-7H,1-3H2. The van der Waals surface area contributed by atoms with Crippen molar-refractivity contribution in [2.75, 3.05) is 33.0 Å². The van der Waals surface area contributed by atoms with Gasteiger partial charge in [0.15, 0.2) is 6.29 Å². The molecule has 2 aliphatic rings. The van der Waals surface area contributed by atoms with Crippen LogP contribution in [0.3, 0.4) is 0 Å². The first-order valence-electron chi connectivity index (χ1n) is 37.0. The summed E-state index contributed by atoms with van der Waals surface area (Å²) in [5.74, 6) is 4.46. The predicted octanol–water partition coefficient (Wildman–Crippen LogP) is 24.7. The van der Waals surface area contributed by atoms with E-state index >= 15 is 0 Å². The Morgan fingerprint density at radius 2 is 0.755 bits per heavy atom. The molecule has 16 aromatic rings. The summed E-state index contributed by atoms with van der Waals surface area (Å²) in [7, 11) is -0.541. The van der Waals surface area contributed by atoms with Crippen LogP contribution in [-0.4, -0.2) is 81.6 Å². The molecule has 0 saturated carbocycles. The Morgan fingerprint density at radius 3 is 1.12 bits per heavy atom. The van der Waals surface area contributed by atoms with Crippen molar-refractivity contribution < 1.29 is 47.9 Å². The lowest BCUT2D eigenvalue weighted by molar-refractivity contribution is -0.105. The molecule has 2 N–H and O–H groups in total. The summed E-state index contributed by atoms with van der Waals surface area (Å²) in [4.78, 5) is 0. The molecule has 0 spiro atoms. The van der Waals surface area contributed by atoms with E-state index in [0.717, 1.165) is 179 Å². The van der Waals surface area contributed by atoms with E-state index < -0.39 is 18.3 Å². The summed E-state index contributed by atoms with van der Waals surface area (Å²) >= 11 is 13.2. The number of nitrogens with zero attached hydrogens (tertiary/aromatic N) is 3. The van der Waals surface area contributed by atoms with Crippen molar-refractivity contribution in [1.82, 2.24) is 13.7 Å². The lowest BCUT2D eigenvalue weighted by Gasteiger charge is -2.32. The lowest BCUT2D eigenvalue weighted by atomic mass is 9.77. The zero-order chi connectivity index (χ0) is 75.8. The van der Waals surface area contributed by atoms with Crippen molar-refractivity contribution in [3.8, 4) is 79.6 Å². The highest BCUT2D eigenvalue weighted by Crippen LogP contribution is 2.48. The molecule has 0 amide bonds. The summed E-state index contributed by atoms with van der Waals surface area (Å²) in [6.07, 6.45) is 4.23. The van der Waals surface area contributed by atoms with Gasteiger partial charge in [-0.25, -0.2) is 0 Å². The third kappa shape index (κ3) is 14.9. The lowest BCUT2D eigenvalue weighted by Crippen LogP contribution is -2.41. The number of rotatable bonds is 20. The third-order valence-corrected chi connectivity index (χ3v) is 25.4. The Labute approximate surface area is 672 Å². The van der Waals surface area contributed by atoms with Crippen molar-refractivity contribution >= 4 is 155 Å². The topological polar surface area (TPSA) is 129 Å². The molecule has 13 nitrogen and oxygen atoms in total. The highest BCUT2D eigenvalue weighted by molar-refractivity contribution is 9.11. The first-order valence-corrected chi connectivity index (χ1v) is 42.3. The van der Waals surface area contributed by atoms with Crippen molar-refractivity contribution in [2.24, 2.45) is 0 Å². The quantitative estimate of drug-likeness (QED) is 0.0562. The van der Waals surface area contributed by atoms with Crippen LogP contribution >= 0.6 is 77.2 Å². The van der Waals surface area contributed by atoms with Crippen LogP contribution in [0.15, 0.2) is 234 Å². The van der Waals surface area contributed by atoms with Gasteiger partial charge in [0.05, 0.1) is 103 Å². The van der Waals surface area contributed by atoms with Gasteiger partial charge in [0.2, 0.25) is 0 Å². The molecule has 2 aliphatic heterocycles. The van der Waals surface area contributed by atoms with E-state index in [1.54, 1.807) is 45.3 Å². The van der Waals surface area contributed by atoms with Crippen molar-refractivity contribution in [1.29, 1.82) is 0 Å². The molecule has 0 bridgehead atoms. The SMILES string of the molecule is Brc1cscc1OCCCOc1cscc1Br.Cc1cc(-c2cscc2OCCCOc2cscc2-c2cc(C)cc(-n3c4ccccc4c4ccccc43)c2O)c(O)c(-n2c3ccccc3c3ccccc32)c1.Cc1cc(B2OC(C)(C)C(C)(C)O2)c(OC2CCCCO2)c(-n2c3ccccc3c3ccccc32)c1. The van der Waals surface area contributed by atoms with Gasteiger partial charge in [-0.1, -0.05) is 115 Å². The molecule has 2 saturated heterocycles. The minimum absolute atomic E-state index is 0.212. The maximum atomic E-state index is 11.9. The molecule has 20 heteroatoms. The number of aromatic nitrogens is 3. The Bertz CT molecular complexity index is 5590. The Kier molecular flexibility index (Phi) is 21.9. The van der Waals surface area contributed by atoms with Gasteiger partial charge in [0.1, 0.15) is 40.2 Å². The van der Waals surface area contributed by atoms with Gasteiger partial charge in [0, 0.05) is 122 Å². The molecular weight excluding hydrogens is 1580 g/mol. The number of para-hydroxylation sites is 6. The maximum absolute atomic E-state index is 11.9. The van der Waals surface area contributed by atoms with Gasteiger partial charge in [-0.2, -0.15) is 0 Å². The summed E-state index contributed by atoms with van der Waals surface area (Å²) in [5.41, 5.74) is 15.3. The zero-order valence-electron chi connectivity index (χ0n) is 62.1. The monoisotopic (exact) mass is 1660 g/mol. The minimum Gasteiger partial charge on any atom is -0.505 e. The Hall–Kier alpha value is -9.32. The number of hydrogen-bond acceptors (Lipinski definition) is 14. The summed E-state index contributed by atoms with van der Waals surface area (Å²) in [5, 5.41) is 46.9. The smallest absolute Gasteiger partial charge is 0.498 e. The molecule has 0 aliphatic carbocycles. The molecule has 9 heterocycles. The Balaban J connectivity index is 0.000000147. The predicted molar refractivity (Wildman–Crippen MR) is 462 cm³/mol. The van der Waals surface area contributed by atoms with Gasteiger partial charge in [0.25, 0.3) is 0 Å². The van der Waals surface area contributed by atoms with Crippen LogP contribution in [0.25, 0.3) is 105 Å². The molecule has 9 aromatic carbocycles. The average molecular weight is 1660 g/mol. The van der Waals surface area contributed by atoms with E-state index in [0.29, 0.717) is 39.5 Å². The largest absolute Gasteiger partial charge is 0.505 e. The Morgan fingerprint density at radius 1 is 0.418 bits per heavy atom. The molecule has 18 rings (SSSR count). The molecule has 1 unspecified atom stereocenters. The van der Waals surface area contributed by atoms with Crippen molar-refractivity contribution in [3.63, 3.8) is 0 Å². The van der Waals surface area contributed by atoms with Gasteiger partial charge < -0.3 is 61.6 Å². The number of aryl methyl sites for hydroxylation is 3. The number of halogens is 2. The number of benzene rings is 9. The van der Waals surface area contributed by atoms with E-state index in [4.69, 9.17) is 37.7 Å². The fraction of sp³-hybridized carbons (Fsp3) is 0.222. The number of hydrogen-bond donors (Lipinski definition) is 2. The van der Waals surface area contributed by atoms with E-state index in [-0.39, 0.29) is 17.8 Å². The molecule has 2 fully saturated rings. The van der Waals surface area contributed by atoms with Gasteiger partial charge >= 0.3 is 7.12 Å². The number of aromatic hydroxyl groups is 2. The summed E-state index contributed by atoms with van der Waals surface area (Å²) < 4.78 is 58.4. The van der Waals surface area contributed by atoms with Gasteiger partial charge in [-0.05, 0) is 177 Å². The van der Waals surface area contributed by atoms with Crippen LogP contribution in [-0.2, 0) is 14.0 Å². The molecular formula is C90H82BBr2N3O10S4. The van der Waals surface area contributed by atoms with Gasteiger partial charge in [-0.15, -0.1) is 45.3 Å². The van der Waals surface area contributed by atoms with Crippen molar-refractivity contribution in [3.05, 3.63) is 251 Å². The molecule has 110 heavy (non-hydrogen) atoms. The number of fused-ring (bicyclic) bond motifs is 9. The average Bonchev–Trinajstić information content (AvgIpc) is 1.59. The highest BCUT2D eigenvalue weighted by Gasteiger charge is 2.53. The van der Waals surface area contributed by atoms with Crippen LogP contribution in [0.5, 0.6) is 40.2 Å². The number of phenols is 2. The van der Waals surface area contributed by atoms with Gasteiger partial charge in [-0.3, -0.25) is 0 Å². The highest BCUT2D eigenvalue weighted by atomic mass is 79.9. The second-order valence-corrected chi connectivity index (χ2v) is 33.4. The second kappa shape index (κ2) is 32.2. The van der Waals surface area contributed by atoms with Crippen LogP contribution in [0, 0.1) is 20.8 Å². The van der Waals surface area contributed by atoms with E-state index in [9.17, 15) is 10.2 Å². The van der Waals surface area contributed by atoms with E-state index in [2.05, 4.69) is 227 Å². The fourth-order valence-electron chi connectivity index (χ4n) is 14.8. The molecule has 1 atom stereocenters. The molecule has 558 valence electrons.